The maximum Gasteiger partial charge on any atom is 0.408 e. The van der Waals surface area contributed by atoms with Gasteiger partial charge in [0.2, 0.25) is 5.91 Å². The normalized spacial score (nSPS) is 18.3. The molecule has 1 saturated carbocycles. The number of ether oxygens (including phenoxy) is 2. The quantitative estimate of drug-likeness (QED) is 0.514. The lowest BCUT2D eigenvalue weighted by molar-refractivity contribution is -0.141. The molecule has 1 aliphatic rings. The van der Waals surface area contributed by atoms with Crippen LogP contribution in [-0.4, -0.2) is 47.6 Å². The summed E-state index contributed by atoms with van der Waals surface area (Å²) in [5, 5.41) is 5.61. The maximum atomic E-state index is 13.8. The number of benzene rings is 2. The fourth-order valence-corrected chi connectivity index (χ4v) is 4.20. The zero-order chi connectivity index (χ0) is 27.5. The number of aryl methyl sites for hydroxylation is 2. The molecule has 4 unspecified atom stereocenters. The Balaban J connectivity index is 1.96. The number of rotatable bonds is 8. The Labute approximate surface area is 219 Å². The smallest absolute Gasteiger partial charge is 0.408 e. The lowest BCUT2D eigenvalue weighted by Gasteiger charge is -2.34. The van der Waals surface area contributed by atoms with Crippen molar-refractivity contribution in [2.45, 2.75) is 78.6 Å². The van der Waals surface area contributed by atoms with E-state index < -0.39 is 23.8 Å². The number of methoxy groups -OCH3 is 1. The van der Waals surface area contributed by atoms with Crippen LogP contribution in [0.3, 0.4) is 0 Å². The second-order valence-corrected chi connectivity index (χ2v) is 10.9. The average molecular weight is 510 g/mol. The molecule has 4 atom stereocenters. The molecule has 200 valence electrons. The summed E-state index contributed by atoms with van der Waals surface area (Å²) in [7, 11) is 1.58. The highest BCUT2D eigenvalue weighted by Gasteiger charge is 2.47. The van der Waals surface area contributed by atoms with Crippen molar-refractivity contribution >= 4 is 23.6 Å². The van der Waals surface area contributed by atoms with Gasteiger partial charge in [-0.1, -0.05) is 25.1 Å². The van der Waals surface area contributed by atoms with Crippen molar-refractivity contribution in [1.29, 1.82) is 0 Å². The van der Waals surface area contributed by atoms with Crippen LogP contribution in [-0.2, 0) is 14.3 Å². The molecule has 0 bridgehead atoms. The molecule has 8 nitrogen and oxygen atoms in total. The van der Waals surface area contributed by atoms with Gasteiger partial charge in [-0.2, -0.15) is 0 Å². The molecule has 0 saturated heterocycles. The summed E-state index contributed by atoms with van der Waals surface area (Å²) in [5.41, 5.74) is 2.73. The predicted octanol–water partition coefficient (Wildman–Crippen LogP) is 5.14. The zero-order valence-electron chi connectivity index (χ0n) is 23.0. The van der Waals surface area contributed by atoms with Crippen LogP contribution in [0.1, 0.15) is 63.8 Å². The number of carbonyl (C=O) groups excluding carboxylic acids is 3. The number of anilines is 1. The number of alkyl carbamates (subject to hydrolysis) is 1. The first kappa shape index (κ1) is 28.0. The lowest BCUT2D eigenvalue weighted by Crippen LogP contribution is -2.52. The number of nitrogens with one attached hydrogen (secondary N) is 2. The molecule has 3 rings (SSSR count). The molecule has 0 aromatic heterocycles. The molecular weight excluding hydrogens is 470 g/mol. The van der Waals surface area contributed by atoms with E-state index in [1.807, 2.05) is 32.0 Å². The van der Waals surface area contributed by atoms with Gasteiger partial charge >= 0.3 is 6.09 Å². The number of hydrogen-bond donors (Lipinski definition) is 2. The Bertz CT molecular complexity index is 1140. The Hall–Kier alpha value is -3.55. The van der Waals surface area contributed by atoms with Gasteiger partial charge in [0.15, 0.2) is 0 Å². The van der Waals surface area contributed by atoms with E-state index in [2.05, 4.69) is 17.6 Å². The topological polar surface area (TPSA) is 97.0 Å². The Morgan fingerprint density at radius 3 is 2.16 bits per heavy atom. The SMILES string of the molecule is COc1ccc(NC(=O)C(c2ccc(C)c(C)c2)N(C(=O)C(C)NC(=O)OC(C)(C)C)C2CC2C)cc1. The van der Waals surface area contributed by atoms with Crippen molar-refractivity contribution in [2.75, 3.05) is 12.4 Å². The number of hydrogen-bond acceptors (Lipinski definition) is 5. The summed E-state index contributed by atoms with van der Waals surface area (Å²) >= 11 is 0. The van der Waals surface area contributed by atoms with E-state index in [9.17, 15) is 14.4 Å². The van der Waals surface area contributed by atoms with Gasteiger partial charge in [0.05, 0.1) is 7.11 Å². The first-order valence-corrected chi connectivity index (χ1v) is 12.6. The van der Waals surface area contributed by atoms with E-state index in [4.69, 9.17) is 9.47 Å². The molecule has 0 spiro atoms. The van der Waals surface area contributed by atoms with Gasteiger partial charge in [-0.25, -0.2) is 4.79 Å². The summed E-state index contributed by atoms with van der Waals surface area (Å²) in [4.78, 5) is 41.7. The van der Waals surface area contributed by atoms with Gasteiger partial charge < -0.3 is 25.0 Å². The minimum atomic E-state index is -0.884. The molecule has 1 fully saturated rings. The van der Waals surface area contributed by atoms with Crippen molar-refractivity contribution in [1.82, 2.24) is 10.2 Å². The summed E-state index contributed by atoms with van der Waals surface area (Å²) in [5.74, 6) is 0.244. The van der Waals surface area contributed by atoms with E-state index in [1.54, 1.807) is 64.0 Å². The van der Waals surface area contributed by atoms with E-state index in [0.717, 1.165) is 17.5 Å². The highest BCUT2D eigenvalue weighted by molar-refractivity contribution is 5.99. The van der Waals surface area contributed by atoms with Crippen LogP contribution in [0.5, 0.6) is 5.75 Å². The van der Waals surface area contributed by atoms with Crippen LogP contribution in [0.25, 0.3) is 0 Å². The average Bonchev–Trinajstić information content (AvgIpc) is 3.53. The fourth-order valence-electron chi connectivity index (χ4n) is 4.20. The van der Waals surface area contributed by atoms with Crippen LogP contribution in [0.4, 0.5) is 10.5 Å². The second kappa shape index (κ2) is 11.2. The Morgan fingerprint density at radius 1 is 1.03 bits per heavy atom. The first-order chi connectivity index (χ1) is 17.3. The van der Waals surface area contributed by atoms with Gasteiger partial charge in [-0.05, 0) is 94.8 Å². The largest absolute Gasteiger partial charge is 0.497 e. The first-order valence-electron chi connectivity index (χ1n) is 12.6. The van der Waals surface area contributed by atoms with Crippen molar-refractivity contribution < 1.29 is 23.9 Å². The Morgan fingerprint density at radius 2 is 1.65 bits per heavy atom. The molecular formula is C29H39N3O5. The molecule has 1 aliphatic carbocycles. The van der Waals surface area contributed by atoms with E-state index in [0.29, 0.717) is 17.0 Å². The van der Waals surface area contributed by atoms with Crippen LogP contribution in [0.15, 0.2) is 42.5 Å². The standard InChI is InChI=1S/C29H39N3O5/c1-17-9-10-21(15-18(17)2)25(26(33)31-22-11-13-23(36-8)14-12-22)32(24-16-19(24)3)27(34)20(4)30-28(35)37-29(5,6)7/h9-15,19-20,24-25H,16H2,1-8H3,(H,30,35)(H,31,33). The predicted molar refractivity (Wildman–Crippen MR) is 144 cm³/mol. The van der Waals surface area contributed by atoms with Crippen LogP contribution >= 0.6 is 0 Å². The van der Waals surface area contributed by atoms with Crippen LogP contribution < -0.4 is 15.4 Å². The minimum Gasteiger partial charge on any atom is -0.497 e. The summed E-state index contributed by atoms with van der Waals surface area (Å²) in [6, 6.07) is 10.9. The van der Waals surface area contributed by atoms with Gasteiger partial charge in [0.1, 0.15) is 23.4 Å². The molecule has 0 radical (unpaired) electrons. The summed E-state index contributed by atoms with van der Waals surface area (Å²) in [6.07, 6.45) is 0.102. The molecule has 37 heavy (non-hydrogen) atoms. The molecule has 3 amide bonds. The maximum absolute atomic E-state index is 13.8. The van der Waals surface area contributed by atoms with Gasteiger partial charge in [-0.15, -0.1) is 0 Å². The third kappa shape index (κ3) is 7.24. The number of amides is 3. The summed E-state index contributed by atoms with van der Waals surface area (Å²) < 4.78 is 10.6. The summed E-state index contributed by atoms with van der Waals surface area (Å²) in [6.45, 7) is 12.9. The Kier molecular flexibility index (Phi) is 8.51. The third-order valence-electron chi connectivity index (χ3n) is 6.51. The van der Waals surface area contributed by atoms with Gasteiger partial charge in [0, 0.05) is 11.7 Å². The molecule has 0 heterocycles. The van der Waals surface area contributed by atoms with Crippen molar-refractivity contribution in [2.24, 2.45) is 5.92 Å². The van der Waals surface area contributed by atoms with Crippen molar-refractivity contribution in [3.63, 3.8) is 0 Å². The molecule has 2 aromatic carbocycles. The second-order valence-electron chi connectivity index (χ2n) is 10.9. The number of carbonyl (C=O) groups is 3. The van der Waals surface area contributed by atoms with E-state index in [1.165, 1.54) is 0 Å². The van der Waals surface area contributed by atoms with Gasteiger partial charge in [-0.3, -0.25) is 9.59 Å². The molecule has 8 heteroatoms. The van der Waals surface area contributed by atoms with Crippen molar-refractivity contribution in [3.05, 3.63) is 59.2 Å². The molecule has 2 aromatic rings. The monoisotopic (exact) mass is 509 g/mol. The fraction of sp³-hybridized carbons (Fsp3) is 0.483. The highest BCUT2D eigenvalue weighted by Crippen LogP contribution is 2.41. The highest BCUT2D eigenvalue weighted by atomic mass is 16.6. The van der Waals surface area contributed by atoms with Gasteiger partial charge in [0.25, 0.3) is 5.91 Å². The van der Waals surface area contributed by atoms with E-state index >= 15 is 0 Å². The van der Waals surface area contributed by atoms with Crippen LogP contribution in [0.2, 0.25) is 0 Å². The minimum absolute atomic E-state index is 0.122. The zero-order valence-corrected chi connectivity index (χ0v) is 23.0. The van der Waals surface area contributed by atoms with Crippen LogP contribution in [0, 0.1) is 19.8 Å². The third-order valence-corrected chi connectivity index (χ3v) is 6.51. The number of nitrogens with zero attached hydrogens (tertiary/aromatic N) is 1. The molecule has 0 aliphatic heterocycles. The van der Waals surface area contributed by atoms with E-state index in [-0.39, 0.29) is 23.8 Å². The molecule has 2 N–H and O–H groups in total. The van der Waals surface area contributed by atoms with Crippen molar-refractivity contribution in [3.8, 4) is 5.75 Å². The lowest BCUT2D eigenvalue weighted by atomic mass is 9.98.